The number of aromatic amines is 1. The van der Waals surface area contributed by atoms with Crippen molar-refractivity contribution in [2.45, 2.75) is 25.0 Å². The molecule has 128 valence electrons. The molecule has 0 atom stereocenters. The van der Waals surface area contributed by atoms with Gasteiger partial charge in [-0.15, -0.1) is 0 Å². The number of amides is 1. The fourth-order valence-corrected chi connectivity index (χ4v) is 3.69. The van der Waals surface area contributed by atoms with Gasteiger partial charge in [0.2, 0.25) is 5.91 Å². The van der Waals surface area contributed by atoms with Gasteiger partial charge in [0.05, 0.1) is 5.75 Å². The van der Waals surface area contributed by atoms with Crippen LogP contribution in [0.15, 0.2) is 41.8 Å². The molecule has 6 heteroatoms. The largest absolute Gasteiger partial charge is 0.341 e. The zero-order chi connectivity index (χ0) is 16.8. The first-order chi connectivity index (χ1) is 11.7. The number of thioether (sulfide) groups is 1. The van der Waals surface area contributed by atoms with Crippen LogP contribution in [0.4, 0.5) is 0 Å². The predicted octanol–water partition coefficient (Wildman–Crippen LogP) is 2.54. The molecule has 2 heterocycles. The van der Waals surface area contributed by atoms with Crippen molar-refractivity contribution in [1.82, 2.24) is 19.8 Å². The number of aromatic nitrogens is 2. The quantitative estimate of drug-likeness (QED) is 0.847. The van der Waals surface area contributed by atoms with Crippen molar-refractivity contribution in [3.8, 4) is 0 Å². The number of nitrogens with one attached hydrogen (secondary N) is 1. The maximum absolute atomic E-state index is 12.4. The first-order valence-electron chi connectivity index (χ1n) is 8.39. The van der Waals surface area contributed by atoms with E-state index >= 15 is 0 Å². The van der Waals surface area contributed by atoms with E-state index in [1.165, 1.54) is 22.9 Å². The van der Waals surface area contributed by atoms with E-state index in [4.69, 9.17) is 0 Å². The summed E-state index contributed by atoms with van der Waals surface area (Å²) in [4.78, 5) is 24.0. The van der Waals surface area contributed by atoms with Gasteiger partial charge in [-0.1, -0.05) is 36.0 Å². The summed E-state index contributed by atoms with van der Waals surface area (Å²) in [5, 5.41) is 0.805. The van der Waals surface area contributed by atoms with Crippen LogP contribution in [0.3, 0.4) is 0 Å². The maximum atomic E-state index is 12.4. The van der Waals surface area contributed by atoms with Crippen molar-refractivity contribution >= 4 is 17.7 Å². The van der Waals surface area contributed by atoms with E-state index in [0.717, 1.165) is 44.3 Å². The monoisotopic (exact) mass is 344 g/mol. The smallest absolute Gasteiger partial charge is 0.233 e. The van der Waals surface area contributed by atoms with E-state index in [1.807, 2.05) is 4.90 Å². The summed E-state index contributed by atoms with van der Waals surface area (Å²) < 4.78 is 0. The summed E-state index contributed by atoms with van der Waals surface area (Å²) >= 11 is 1.47. The first kappa shape index (κ1) is 17.0. The van der Waals surface area contributed by atoms with Crippen molar-refractivity contribution in [1.29, 1.82) is 0 Å². The molecule has 0 bridgehead atoms. The van der Waals surface area contributed by atoms with Gasteiger partial charge in [0, 0.05) is 45.1 Å². The fraction of sp³-hybridized carbons (Fsp3) is 0.444. The second kappa shape index (κ2) is 8.35. The van der Waals surface area contributed by atoms with Gasteiger partial charge in [-0.2, -0.15) is 0 Å². The van der Waals surface area contributed by atoms with Crippen LogP contribution < -0.4 is 0 Å². The average Bonchev–Trinajstić information content (AvgIpc) is 3.00. The fourth-order valence-electron chi connectivity index (χ4n) is 2.96. The number of nitrogens with zero attached hydrogens (tertiary/aromatic N) is 3. The van der Waals surface area contributed by atoms with Crippen molar-refractivity contribution in [2.75, 3.05) is 31.9 Å². The second-order valence-electron chi connectivity index (χ2n) is 6.12. The van der Waals surface area contributed by atoms with E-state index in [1.54, 1.807) is 12.4 Å². The molecule has 1 aromatic heterocycles. The molecule has 0 unspecified atom stereocenters. The van der Waals surface area contributed by atoms with Crippen molar-refractivity contribution in [3.05, 3.63) is 47.8 Å². The third kappa shape index (κ3) is 4.61. The van der Waals surface area contributed by atoms with Crippen molar-refractivity contribution in [3.63, 3.8) is 0 Å². The number of hydrogen-bond donors (Lipinski definition) is 1. The molecule has 1 aliphatic rings. The highest BCUT2D eigenvalue weighted by molar-refractivity contribution is 7.99. The van der Waals surface area contributed by atoms with E-state index in [9.17, 15) is 4.79 Å². The Kier molecular flexibility index (Phi) is 5.93. The Morgan fingerprint density at radius 3 is 2.92 bits per heavy atom. The van der Waals surface area contributed by atoms with Crippen LogP contribution >= 0.6 is 11.8 Å². The SMILES string of the molecule is Cc1ccccc1CN1CCCN(C(=O)CSc2ncc[nH]2)CC1. The Labute approximate surface area is 147 Å². The molecular formula is C18H24N4OS. The Morgan fingerprint density at radius 1 is 1.25 bits per heavy atom. The lowest BCUT2D eigenvalue weighted by atomic mass is 10.1. The van der Waals surface area contributed by atoms with Gasteiger partial charge in [-0.05, 0) is 24.5 Å². The van der Waals surface area contributed by atoms with Crippen LogP contribution in [0.2, 0.25) is 0 Å². The predicted molar refractivity (Wildman–Crippen MR) is 97.0 cm³/mol. The minimum absolute atomic E-state index is 0.203. The molecule has 0 radical (unpaired) electrons. The number of rotatable bonds is 5. The molecular weight excluding hydrogens is 320 g/mol. The molecule has 1 fully saturated rings. The van der Waals surface area contributed by atoms with Crippen molar-refractivity contribution < 1.29 is 4.79 Å². The van der Waals surface area contributed by atoms with E-state index in [2.05, 4.69) is 46.1 Å². The molecule has 1 aliphatic heterocycles. The number of benzene rings is 1. The zero-order valence-electron chi connectivity index (χ0n) is 14.1. The molecule has 0 saturated carbocycles. The Hall–Kier alpha value is -1.79. The summed E-state index contributed by atoms with van der Waals surface area (Å²) in [5.74, 6) is 0.653. The molecule has 0 spiro atoms. The summed E-state index contributed by atoms with van der Waals surface area (Å²) in [5.41, 5.74) is 2.72. The molecule has 0 aliphatic carbocycles. The Morgan fingerprint density at radius 2 is 2.12 bits per heavy atom. The number of hydrogen-bond acceptors (Lipinski definition) is 4. The highest BCUT2D eigenvalue weighted by Crippen LogP contribution is 2.15. The maximum Gasteiger partial charge on any atom is 0.233 e. The average molecular weight is 344 g/mol. The highest BCUT2D eigenvalue weighted by Gasteiger charge is 2.19. The lowest BCUT2D eigenvalue weighted by Gasteiger charge is -2.22. The van der Waals surface area contributed by atoms with Gasteiger partial charge in [0.1, 0.15) is 0 Å². The van der Waals surface area contributed by atoms with Crippen LogP contribution in [-0.2, 0) is 11.3 Å². The summed E-state index contributed by atoms with van der Waals surface area (Å²) in [7, 11) is 0. The topological polar surface area (TPSA) is 52.2 Å². The van der Waals surface area contributed by atoms with Crippen LogP contribution in [0, 0.1) is 6.92 Å². The number of carbonyl (C=O) groups is 1. The minimum atomic E-state index is 0.203. The third-order valence-corrected chi connectivity index (χ3v) is 5.29. The van der Waals surface area contributed by atoms with Crippen molar-refractivity contribution in [2.24, 2.45) is 0 Å². The standard InChI is InChI=1S/C18H24N4OS/c1-15-5-2-3-6-16(15)13-21-9-4-10-22(12-11-21)17(23)14-24-18-19-7-8-20-18/h2-3,5-8H,4,9-14H2,1H3,(H,19,20). The summed E-state index contributed by atoms with van der Waals surface area (Å²) in [6, 6.07) is 8.54. The highest BCUT2D eigenvalue weighted by atomic mass is 32.2. The molecule has 3 rings (SSSR count). The van der Waals surface area contributed by atoms with Gasteiger partial charge < -0.3 is 9.88 Å². The first-order valence-corrected chi connectivity index (χ1v) is 9.38. The van der Waals surface area contributed by atoms with Crippen LogP contribution in [-0.4, -0.2) is 57.6 Å². The lowest BCUT2D eigenvalue weighted by Crippen LogP contribution is -2.36. The Bertz CT molecular complexity index is 659. The molecule has 1 saturated heterocycles. The molecule has 1 N–H and O–H groups in total. The van der Waals surface area contributed by atoms with Gasteiger partial charge in [-0.3, -0.25) is 9.69 Å². The molecule has 5 nitrogen and oxygen atoms in total. The van der Waals surface area contributed by atoms with Gasteiger partial charge in [0.25, 0.3) is 0 Å². The number of H-pyrrole nitrogens is 1. The molecule has 1 amide bonds. The second-order valence-corrected chi connectivity index (χ2v) is 7.08. The lowest BCUT2D eigenvalue weighted by molar-refractivity contribution is -0.128. The summed E-state index contributed by atoms with van der Waals surface area (Å²) in [6.45, 7) is 6.77. The zero-order valence-corrected chi connectivity index (χ0v) is 14.9. The van der Waals surface area contributed by atoms with Gasteiger partial charge >= 0.3 is 0 Å². The van der Waals surface area contributed by atoms with E-state index in [0.29, 0.717) is 5.75 Å². The molecule has 1 aromatic carbocycles. The van der Waals surface area contributed by atoms with E-state index in [-0.39, 0.29) is 5.91 Å². The molecule has 2 aromatic rings. The van der Waals surface area contributed by atoms with E-state index < -0.39 is 0 Å². The normalized spacial score (nSPS) is 16.1. The summed E-state index contributed by atoms with van der Waals surface area (Å²) in [6.07, 6.45) is 4.52. The minimum Gasteiger partial charge on any atom is -0.341 e. The molecule has 24 heavy (non-hydrogen) atoms. The number of imidazole rings is 1. The number of aryl methyl sites for hydroxylation is 1. The van der Waals surface area contributed by atoms with Gasteiger partial charge in [-0.25, -0.2) is 4.98 Å². The van der Waals surface area contributed by atoms with Crippen LogP contribution in [0.1, 0.15) is 17.5 Å². The Balaban J connectivity index is 1.49. The van der Waals surface area contributed by atoms with Crippen LogP contribution in [0.5, 0.6) is 0 Å². The van der Waals surface area contributed by atoms with Crippen LogP contribution in [0.25, 0.3) is 0 Å². The number of carbonyl (C=O) groups excluding carboxylic acids is 1. The van der Waals surface area contributed by atoms with Gasteiger partial charge in [0.15, 0.2) is 5.16 Å². The third-order valence-electron chi connectivity index (χ3n) is 4.40.